The van der Waals surface area contributed by atoms with Crippen molar-refractivity contribution in [2.45, 2.75) is 24.4 Å². The zero-order chi connectivity index (χ0) is 22.1. The number of pyridine rings is 1. The van der Waals surface area contributed by atoms with Gasteiger partial charge in [-0.05, 0) is 11.4 Å². The molecule has 12 heteroatoms. The summed E-state index contributed by atoms with van der Waals surface area (Å²) in [5.41, 5.74) is 5.91. The van der Waals surface area contributed by atoms with Crippen molar-refractivity contribution in [3.63, 3.8) is 0 Å². The van der Waals surface area contributed by atoms with Crippen molar-refractivity contribution >= 4 is 46.8 Å². The molecule has 0 aliphatic carbocycles. The van der Waals surface area contributed by atoms with Gasteiger partial charge in [-0.3, -0.25) is 19.3 Å². The van der Waals surface area contributed by atoms with Gasteiger partial charge in [-0.25, -0.2) is 4.57 Å². The molecule has 2 unspecified atom stereocenters. The Labute approximate surface area is 191 Å². The van der Waals surface area contributed by atoms with Crippen LogP contribution in [0.4, 0.5) is 0 Å². The SMILES string of the molecule is NC(=O)c1cc[n+](CC2=C(C(=O)[O-])N3C(=O)C(NC(=O)Cc4cccs4)C3SC2)cc1.O. The van der Waals surface area contributed by atoms with Gasteiger partial charge in [0, 0.05) is 28.3 Å². The topological polar surface area (TPSA) is 168 Å². The second kappa shape index (κ2) is 9.51. The average Bonchev–Trinajstić information content (AvgIpc) is 3.24. The number of nitrogens with two attached hydrogens (primary N) is 1. The number of thiophene rings is 1. The van der Waals surface area contributed by atoms with Gasteiger partial charge in [-0.1, -0.05) is 6.07 Å². The first-order chi connectivity index (χ1) is 14.8. The van der Waals surface area contributed by atoms with E-state index in [-0.39, 0.29) is 30.0 Å². The second-order valence-electron chi connectivity index (χ2n) is 7.07. The number of fused-ring (bicyclic) bond motifs is 1. The van der Waals surface area contributed by atoms with Crippen molar-refractivity contribution in [3.8, 4) is 0 Å². The number of carboxylic acids is 1. The molecule has 0 spiro atoms. The fourth-order valence-electron chi connectivity index (χ4n) is 3.54. The number of carbonyl (C=O) groups is 4. The van der Waals surface area contributed by atoms with Crippen molar-refractivity contribution in [1.29, 1.82) is 0 Å². The molecule has 0 saturated carbocycles. The molecule has 10 nitrogen and oxygen atoms in total. The summed E-state index contributed by atoms with van der Waals surface area (Å²) in [6, 6.07) is 5.99. The van der Waals surface area contributed by atoms with Crippen LogP contribution in [0, 0.1) is 0 Å². The zero-order valence-corrected chi connectivity index (χ0v) is 18.3. The minimum Gasteiger partial charge on any atom is -0.543 e. The zero-order valence-electron chi connectivity index (χ0n) is 16.6. The fraction of sp³-hybridized carbons (Fsp3) is 0.250. The highest BCUT2D eigenvalue weighted by Crippen LogP contribution is 2.40. The van der Waals surface area contributed by atoms with Crippen LogP contribution < -0.4 is 20.7 Å². The van der Waals surface area contributed by atoms with Gasteiger partial charge in [0.15, 0.2) is 18.9 Å². The molecule has 168 valence electrons. The third kappa shape index (κ3) is 4.52. The molecular formula is C20H20N4O6S2. The minimum atomic E-state index is -1.44. The number of rotatable bonds is 7. The molecule has 2 aliphatic rings. The second-order valence-corrected chi connectivity index (χ2v) is 9.21. The molecule has 0 radical (unpaired) electrons. The van der Waals surface area contributed by atoms with E-state index >= 15 is 0 Å². The van der Waals surface area contributed by atoms with Crippen LogP contribution in [0.2, 0.25) is 0 Å². The maximum Gasteiger partial charge on any atom is 0.253 e. The van der Waals surface area contributed by atoms with E-state index < -0.39 is 29.2 Å². The highest BCUT2D eigenvalue weighted by atomic mass is 32.2. The summed E-state index contributed by atoms with van der Waals surface area (Å²) >= 11 is 2.84. The molecule has 4 rings (SSSR count). The van der Waals surface area contributed by atoms with Crippen molar-refractivity contribution in [2.24, 2.45) is 5.73 Å². The van der Waals surface area contributed by atoms with E-state index in [1.54, 1.807) is 17.0 Å². The van der Waals surface area contributed by atoms with E-state index in [0.717, 1.165) is 4.88 Å². The van der Waals surface area contributed by atoms with E-state index in [0.29, 0.717) is 16.9 Å². The van der Waals surface area contributed by atoms with Crippen LogP contribution in [-0.2, 0) is 27.3 Å². The van der Waals surface area contributed by atoms with E-state index in [2.05, 4.69) is 5.32 Å². The van der Waals surface area contributed by atoms with Crippen molar-refractivity contribution in [3.05, 3.63) is 63.7 Å². The van der Waals surface area contributed by atoms with Crippen molar-refractivity contribution in [1.82, 2.24) is 10.2 Å². The van der Waals surface area contributed by atoms with Gasteiger partial charge in [0.25, 0.3) is 5.91 Å². The number of thioether (sulfide) groups is 1. The molecular weight excluding hydrogens is 456 g/mol. The Bertz CT molecular complexity index is 1080. The molecule has 5 N–H and O–H groups in total. The first kappa shape index (κ1) is 23.4. The van der Waals surface area contributed by atoms with Crippen LogP contribution in [0.3, 0.4) is 0 Å². The highest BCUT2D eigenvalue weighted by molar-refractivity contribution is 8.00. The normalized spacial score (nSPS) is 19.5. The van der Waals surface area contributed by atoms with Gasteiger partial charge in [0.2, 0.25) is 11.8 Å². The average molecular weight is 477 g/mol. The summed E-state index contributed by atoms with van der Waals surface area (Å²) in [7, 11) is 0. The van der Waals surface area contributed by atoms with Crippen LogP contribution >= 0.6 is 23.1 Å². The first-order valence-electron chi connectivity index (χ1n) is 9.34. The summed E-state index contributed by atoms with van der Waals surface area (Å²) in [6.45, 7) is 0.210. The van der Waals surface area contributed by atoms with E-state index in [1.165, 1.54) is 40.1 Å². The molecule has 0 aromatic carbocycles. The number of nitrogens with one attached hydrogen (secondary N) is 1. The number of carboxylic acid groups (broad SMARTS) is 1. The molecule has 2 aromatic heterocycles. The number of hydrogen-bond donors (Lipinski definition) is 2. The number of amides is 3. The molecule has 32 heavy (non-hydrogen) atoms. The Hall–Kier alpha value is -3.22. The molecule has 1 fully saturated rings. The van der Waals surface area contributed by atoms with Gasteiger partial charge in [0.1, 0.15) is 11.4 Å². The Morgan fingerprint density at radius 1 is 1.25 bits per heavy atom. The lowest BCUT2D eigenvalue weighted by Crippen LogP contribution is -2.71. The Morgan fingerprint density at radius 3 is 2.56 bits per heavy atom. The standard InChI is InChI=1S/C20H18N4O5S2.H2O/c21-17(26)11-3-5-23(6-4-11)9-12-10-31-19-15(18(27)24(19)16(12)20(28)29)22-14(25)8-13-2-1-7-30-13;/h1-7,15,19H,8-10H2,(H3-,21,22,25,26,28,29);1H2. The number of aliphatic carboxylic acids is 1. The molecule has 3 amide bonds. The third-order valence-corrected chi connectivity index (χ3v) is 7.24. The van der Waals surface area contributed by atoms with Gasteiger partial charge in [-0.15, -0.1) is 23.1 Å². The van der Waals surface area contributed by atoms with Crippen molar-refractivity contribution < 1.29 is 34.3 Å². The lowest BCUT2D eigenvalue weighted by Gasteiger charge is -2.50. The summed E-state index contributed by atoms with van der Waals surface area (Å²) in [4.78, 5) is 50.1. The maximum absolute atomic E-state index is 12.7. The van der Waals surface area contributed by atoms with Crippen LogP contribution in [0.5, 0.6) is 0 Å². The molecule has 1 saturated heterocycles. The molecule has 0 bridgehead atoms. The Kier molecular flexibility index (Phi) is 6.96. The third-order valence-electron chi connectivity index (χ3n) is 5.02. The smallest absolute Gasteiger partial charge is 0.253 e. The van der Waals surface area contributed by atoms with E-state index in [4.69, 9.17) is 5.73 Å². The predicted octanol–water partition coefficient (Wildman–Crippen LogP) is -2.04. The van der Waals surface area contributed by atoms with Gasteiger partial charge >= 0.3 is 0 Å². The fourth-order valence-corrected chi connectivity index (χ4v) is 5.58. The first-order valence-corrected chi connectivity index (χ1v) is 11.3. The van der Waals surface area contributed by atoms with Crippen LogP contribution in [0.15, 0.2) is 53.3 Å². The summed E-state index contributed by atoms with van der Waals surface area (Å²) in [5, 5.41) is 15.9. The predicted molar refractivity (Wildman–Crippen MR) is 114 cm³/mol. The number of carbonyl (C=O) groups excluding carboxylic acids is 4. The van der Waals surface area contributed by atoms with E-state index in [1.807, 2.05) is 17.5 Å². The summed E-state index contributed by atoms with van der Waals surface area (Å²) < 4.78 is 1.69. The summed E-state index contributed by atoms with van der Waals surface area (Å²) in [5.74, 6) is -2.39. The lowest BCUT2D eigenvalue weighted by atomic mass is 10.0. The molecule has 2 aliphatic heterocycles. The maximum atomic E-state index is 12.7. The van der Waals surface area contributed by atoms with Gasteiger partial charge in [0.05, 0.1) is 23.7 Å². The monoisotopic (exact) mass is 476 g/mol. The number of nitrogens with zero attached hydrogens (tertiary/aromatic N) is 2. The van der Waals surface area contributed by atoms with E-state index in [9.17, 15) is 24.3 Å². The Morgan fingerprint density at radius 2 is 1.97 bits per heavy atom. The molecule has 2 aromatic rings. The van der Waals surface area contributed by atoms with Crippen LogP contribution in [-0.4, -0.2) is 51.2 Å². The lowest BCUT2D eigenvalue weighted by molar-refractivity contribution is -0.689. The number of hydrogen-bond acceptors (Lipinski definition) is 7. The van der Waals surface area contributed by atoms with Crippen molar-refractivity contribution in [2.75, 3.05) is 5.75 Å². The molecule has 2 atom stereocenters. The highest BCUT2D eigenvalue weighted by Gasteiger charge is 2.53. The minimum absolute atomic E-state index is 0. The van der Waals surface area contributed by atoms with Crippen LogP contribution in [0.1, 0.15) is 15.2 Å². The van der Waals surface area contributed by atoms with Crippen LogP contribution in [0.25, 0.3) is 0 Å². The number of primary amides is 1. The van der Waals surface area contributed by atoms with Gasteiger partial charge in [-0.2, -0.15) is 0 Å². The largest absolute Gasteiger partial charge is 0.543 e. The Balaban J connectivity index is 0.00000289. The quantitative estimate of drug-likeness (QED) is 0.345. The summed E-state index contributed by atoms with van der Waals surface area (Å²) in [6.07, 6.45) is 3.40. The number of aromatic nitrogens is 1. The number of β-lactam (4-membered cyclic amide) rings is 1. The molecule has 4 heterocycles. The van der Waals surface area contributed by atoms with Gasteiger partial charge < -0.3 is 26.4 Å².